The normalized spacial score (nSPS) is 12.6. The number of carboxylic acids is 1. The molecule has 2 atom stereocenters. The second-order valence-corrected chi connectivity index (χ2v) is 4.70. The van der Waals surface area contributed by atoms with Crippen LogP contribution in [0.25, 0.3) is 0 Å². The lowest BCUT2D eigenvalue weighted by Gasteiger charge is -2.15. The Morgan fingerprint density at radius 2 is 2.00 bits per heavy atom. The second-order valence-electron chi connectivity index (χ2n) is 4.70. The third kappa shape index (κ3) is 4.59. The van der Waals surface area contributed by atoms with E-state index in [0.29, 0.717) is 0 Å². The van der Waals surface area contributed by atoms with E-state index in [2.05, 4.69) is 10.1 Å². The number of esters is 1. The smallest absolute Gasteiger partial charge is 0.337 e. The minimum atomic E-state index is -1.22. The molecule has 1 aromatic carbocycles. The van der Waals surface area contributed by atoms with Crippen LogP contribution in [0.5, 0.6) is 0 Å². The molecule has 0 aliphatic heterocycles. The molecule has 0 unspecified atom stereocenters. The Hall–Kier alpha value is -2.88. The Morgan fingerprint density at radius 3 is 2.55 bits per heavy atom. The number of benzene rings is 1. The number of aliphatic carboxylic acids is 1. The fourth-order valence-corrected chi connectivity index (χ4v) is 1.77. The number of nitrogens with zero attached hydrogens (tertiary/aromatic N) is 1. The SMILES string of the molecule is COC(=O)c1cccc(C(=O)N[C@@H](C[C@@H](C)C#N)C(=O)O)c1. The molecule has 0 radical (unpaired) electrons. The first-order valence-electron chi connectivity index (χ1n) is 6.50. The molecule has 0 heterocycles. The van der Waals surface area contributed by atoms with Crippen molar-refractivity contribution < 1.29 is 24.2 Å². The van der Waals surface area contributed by atoms with E-state index in [1.807, 2.05) is 6.07 Å². The van der Waals surface area contributed by atoms with Gasteiger partial charge in [0.15, 0.2) is 0 Å². The molecule has 0 aliphatic rings. The van der Waals surface area contributed by atoms with Crippen LogP contribution >= 0.6 is 0 Å². The van der Waals surface area contributed by atoms with Crippen molar-refractivity contribution in [3.8, 4) is 6.07 Å². The predicted octanol–water partition coefficient (Wildman–Crippen LogP) is 1.21. The third-order valence-corrected chi connectivity index (χ3v) is 2.96. The van der Waals surface area contributed by atoms with Gasteiger partial charge in [-0.25, -0.2) is 9.59 Å². The lowest BCUT2D eigenvalue weighted by molar-refractivity contribution is -0.139. The van der Waals surface area contributed by atoms with E-state index in [1.54, 1.807) is 6.92 Å². The highest BCUT2D eigenvalue weighted by Gasteiger charge is 2.23. The first kappa shape index (κ1) is 17.2. The molecule has 0 aliphatic carbocycles. The second kappa shape index (κ2) is 7.78. The maximum absolute atomic E-state index is 12.1. The van der Waals surface area contributed by atoms with Crippen LogP contribution in [0.3, 0.4) is 0 Å². The first-order chi connectivity index (χ1) is 10.4. The Balaban J connectivity index is 2.89. The van der Waals surface area contributed by atoms with E-state index in [9.17, 15) is 14.4 Å². The van der Waals surface area contributed by atoms with Crippen molar-refractivity contribution in [1.29, 1.82) is 5.26 Å². The highest BCUT2D eigenvalue weighted by molar-refractivity contribution is 5.99. The van der Waals surface area contributed by atoms with Gasteiger partial charge in [0.05, 0.1) is 18.7 Å². The van der Waals surface area contributed by atoms with Gasteiger partial charge in [-0.2, -0.15) is 5.26 Å². The van der Waals surface area contributed by atoms with Crippen LogP contribution in [0, 0.1) is 17.2 Å². The molecular formula is C15H16N2O5. The Bertz CT molecular complexity index is 621. The Labute approximate surface area is 127 Å². The molecule has 1 rings (SSSR count). The molecule has 0 saturated carbocycles. The van der Waals surface area contributed by atoms with Crippen molar-refractivity contribution in [1.82, 2.24) is 5.32 Å². The van der Waals surface area contributed by atoms with Crippen molar-refractivity contribution in [2.45, 2.75) is 19.4 Å². The molecule has 7 nitrogen and oxygen atoms in total. The average molecular weight is 304 g/mol. The highest BCUT2D eigenvalue weighted by atomic mass is 16.5. The number of methoxy groups -OCH3 is 1. The van der Waals surface area contributed by atoms with Crippen LogP contribution in [0.2, 0.25) is 0 Å². The minimum Gasteiger partial charge on any atom is -0.480 e. The van der Waals surface area contributed by atoms with Gasteiger partial charge in [-0.15, -0.1) is 0 Å². The quantitative estimate of drug-likeness (QED) is 0.763. The number of nitriles is 1. The summed E-state index contributed by atoms with van der Waals surface area (Å²) >= 11 is 0. The van der Waals surface area contributed by atoms with E-state index in [4.69, 9.17) is 10.4 Å². The topological polar surface area (TPSA) is 116 Å². The molecule has 116 valence electrons. The summed E-state index contributed by atoms with van der Waals surface area (Å²) in [6.45, 7) is 1.57. The Kier molecular flexibility index (Phi) is 6.08. The minimum absolute atomic E-state index is 0.00569. The number of rotatable bonds is 6. The number of ether oxygens (including phenoxy) is 1. The van der Waals surface area contributed by atoms with E-state index < -0.39 is 29.8 Å². The van der Waals surface area contributed by atoms with E-state index in [-0.39, 0.29) is 17.5 Å². The molecule has 1 aromatic rings. The number of carbonyl (C=O) groups is 3. The van der Waals surface area contributed by atoms with Gasteiger partial charge in [0.2, 0.25) is 0 Å². The molecule has 0 fully saturated rings. The van der Waals surface area contributed by atoms with Gasteiger partial charge in [0, 0.05) is 11.5 Å². The molecule has 0 spiro atoms. The van der Waals surface area contributed by atoms with Gasteiger partial charge < -0.3 is 15.2 Å². The maximum Gasteiger partial charge on any atom is 0.337 e. The summed E-state index contributed by atoms with van der Waals surface area (Å²) in [5.74, 6) is -2.96. The summed E-state index contributed by atoms with van der Waals surface area (Å²) in [6, 6.07) is 6.48. The van der Waals surface area contributed by atoms with Crippen molar-refractivity contribution >= 4 is 17.8 Å². The zero-order valence-corrected chi connectivity index (χ0v) is 12.2. The summed E-state index contributed by atoms with van der Waals surface area (Å²) in [6.07, 6.45) is -0.00569. The van der Waals surface area contributed by atoms with Crippen LogP contribution in [-0.2, 0) is 9.53 Å². The molecule has 0 bridgehead atoms. The van der Waals surface area contributed by atoms with Crippen molar-refractivity contribution in [2.24, 2.45) is 5.92 Å². The molecular weight excluding hydrogens is 288 g/mol. The number of nitrogens with one attached hydrogen (secondary N) is 1. The van der Waals surface area contributed by atoms with E-state index >= 15 is 0 Å². The van der Waals surface area contributed by atoms with Crippen LogP contribution in [0.4, 0.5) is 0 Å². The lowest BCUT2D eigenvalue weighted by atomic mass is 10.0. The zero-order valence-electron chi connectivity index (χ0n) is 12.2. The van der Waals surface area contributed by atoms with Gasteiger partial charge >= 0.3 is 11.9 Å². The summed E-state index contributed by atoms with van der Waals surface area (Å²) in [4.78, 5) is 34.6. The lowest BCUT2D eigenvalue weighted by Crippen LogP contribution is -2.41. The van der Waals surface area contributed by atoms with Gasteiger partial charge in [-0.3, -0.25) is 4.79 Å². The average Bonchev–Trinajstić information content (AvgIpc) is 2.53. The predicted molar refractivity (Wildman–Crippen MR) is 76.1 cm³/mol. The third-order valence-electron chi connectivity index (χ3n) is 2.96. The van der Waals surface area contributed by atoms with Crippen molar-refractivity contribution in [2.75, 3.05) is 7.11 Å². The summed E-state index contributed by atoms with van der Waals surface area (Å²) in [7, 11) is 1.22. The van der Waals surface area contributed by atoms with Gasteiger partial charge in [-0.1, -0.05) is 6.07 Å². The molecule has 22 heavy (non-hydrogen) atoms. The molecule has 1 amide bonds. The Morgan fingerprint density at radius 1 is 1.36 bits per heavy atom. The van der Waals surface area contributed by atoms with Crippen LogP contribution < -0.4 is 5.32 Å². The summed E-state index contributed by atoms with van der Waals surface area (Å²) in [5, 5.41) is 20.2. The molecule has 0 saturated heterocycles. The number of amides is 1. The summed E-state index contributed by atoms with van der Waals surface area (Å²) in [5.41, 5.74) is 0.325. The van der Waals surface area contributed by atoms with E-state index in [1.165, 1.54) is 31.4 Å². The van der Waals surface area contributed by atoms with Gasteiger partial charge in [0.1, 0.15) is 6.04 Å². The number of carbonyl (C=O) groups excluding carboxylic acids is 2. The van der Waals surface area contributed by atoms with Crippen LogP contribution in [-0.4, -0.2) is 36.1 Å². The van der Waals surface area contributed by atoms with Gasteiger partial charge in [0.25, 0.3) is 5.91 Å². The van der Waals surface area contributed by atoms with Gasteiger partial charge in [-0.05, 0) is 31.5 Å². The van der Waals surface area contributed by atoms with Crippen molar-refractivity contribution in [3.63, 3.8) is 0 Å². The number of carboxylic acid groups (broad SMARTS) is 1. The fourth-order valence-electron chi connectivity index (χ4n) is 1.77. The largest absolute Gasteiger partial charge is 0.480 e. The van der Waals surface area contributed by atoms with E-state index in [0.717, 1.165) is 0 Å². The standard InChI is InChI=1S/C15H16N2O5/c1-9(8-16)6-12(14(19)20)17-13(18)10-4-3-5-11(7-10)15(21)22-2/h3-5,7,9,12H,6H2,1-2H3,(H,17,18)(H,19,20)/t9-,12+/m1/s1. The number of hydrogen-bond acceptors (Lipinski definition) is 5. The van der Waals surface area contributed by atoms with Crippen molar-refractivity contribution in [3.05, 3.63) is 35.4 Å². The van der Waals surface area contributed by atoms with Crippen LogP contribution in [0.15, 0.2) is 24.3 Å². The highest BCUT2D eigenvalue weighted by Crippen LogP contribution is 2.09. The van der Waals surface area contributed by atoms with Crippen LogP contribution in [0.1, 0.15) is 34.1 Å². The molecule has 0 aromatic heterocycles. The fraction of sp³-hybridized carbons (Fsp3) is 0.333. The monoisotopic (exact) mass is 304 g/mol. The first-order valence-corrected chi connectivity index (χ1v) is 6.50. The molecule has 7 heteroatoms. The maximum atomic E-state index is 12.1. The number of hydrogen-bond donors (Lipinski definition) is 2. The summed E-state index contributed by atoms with van der Waals surface area (Å²) < 4.78 is 4.56. The molecule has 2 N–H and O–H groups in total. The zero-order chi connectivity index (χ0) is 16.7.